The van der Waals surface area contributed by atoms with Crippen molar-refractivity contribution >= 4 is 32.5 Å². The molecule has 0 aliphatic carbocycles. The van der Waals surface area contributed by atoms with E-state index in [9.17, 15) is 8.42 Å². The Balaban J connectivity index is 1.23. The van der Waals surface area contributed by atoms with Gasteiger partial charge < -0.3 is 9.47 Å². The van der Waals surface area contributed by atoms with Crippen molar-refractivity contribution in [3.63, 3.8) is 0 Å². The number of rotatable bonds is 6. The van der Waals surface area contributed by atoms with Gasteiger partial charge in [-0.3, -0.25) is 9.80 Å². The van der Waals surface area contributed by atoms with Crippen LogP contribution in [0, 0.1) is 0 Å². The molecule has 6 nitrogen and oxygen atoms in total. The molecule has 0 unspecified atom stereocenters. The molecule has 0 bridgehead atoms. The largest absolute Gasteiger partial charge is 0.478 e. The number of nitrogens with zero attached hydrogens (tertiary/aromatic N) is 2. The van der Waals surface area contributed by atoms with Crippen LogP contribution >= 0.6 is 22.7 Å². The van der Waals surface area contributed by atoms with Crippen molar-refractivity contribution in [3.8, 4) is 11.5 Å². The van der Waals surface area contributed by atoms with Gasteiger partial charge in [0.2, 0.25) is 9.84 Å². The molecule has 2 aliphatic heterocycles. The summed E-state index contributed by atoms with van der Waals surface area (Å²) in [6.45, 7) is 3.83. The molecule has 2 aromatic heterocycles. The van der Waals surface area contributed by atoms with Crippen LogP contribution in [-0.4, -0.2) is 31.7 Å². The van der Waals surface area contributed by atoms with E-state index in [4.69, 9.17) is 9.47 Å². The third-order valence-corrected chi connectivity index (χ3v) is 9.67. The molecule has 0 fully saturated rings. The molecule has 9 heteroatoms. The van der Waals surface area contributed by atoms with Crippen LogP contribution in [0.2, 0.25) is 0 Å². The molecule has 6 rings (SSSR count). The Hall–Kier alpha value is -2.69. The summed E-state index contributed by atoms with van der Waals surface area (Å²) in [6, 6.07) is 18.6. The first-order chi connectivity index (χ1) is 17.0. The second-order valence-corrected chi connectivity index (χ2v) is 12.7. The molecule has 0 saturated carbocycles. The van der Waals surface area contributed by atoms with Crippen molar-refractivity contribution < 1.29 is 17.9 Å². The smallest absolute Gasteiger partial charge is 0.206 e. The number of ether oxygens (including phenoxy) is 2. The highest BCUT2D eigenvalue weighted by Gasteiger charge is 2.26. The van der Waals surface area contributed by atoms with E-state index in [2.05, 4.69) is 32.7 Å². The van der Waals surface area contributed by atoms with E-state index in [1.54, 1.807) is 59.1 Å². The Kier molecular flexibility index (Phi) is 6.11. The molecule has 35 heavy (non-hydrogen) atoms. The van der Waals surface area contributed by atoms with Crippen LogP contribution in [0.25, 0.3) is 0 Å². The average Bonchev–Trinajstić information content (AvgIpc) is 3.58. The molecule has 0 spiro atoms. The lowest BCUT2D eigenvalue weighted by molar-refractivity contribution is 0.0894. The van der Waals surface area contributed by atoms with Crippen LogP contribution in [0.4, 0.5) is 0 Å². The van der Waals surface area contributed by atoms with Crippen LogP contribution in [0.3, 0.4) is 0 Å². The number of hydrogen-bond acceptors (Lipinski definition) is 8. The molecule has 2 aromatic carbocycles. The van der Waals surface area contributed by atoms with Crippen molar-refractivity contribution in [2.24, 2.45) is 0 Å². The average molecular weight is 525 g/mol. The Morgan fingerprint density at radius 2 is 1.20 bits per heavy atom. The van der Waals surface area contributed by atoms with E-state index in [0.29, 0.717) is 26.6 Å². The molecule has 0 radical (unpaired) electrons. The Bertz CT molecular complexity index is 1330. The Labute approximate surface area is 212 Å². The van der Waals surface area contributed by atoms with E-state index >= 15 is 0 Å². The lowest BCUT2D eigenvalue weighted by Gasteiger charge is -2.29. The lowest BCUT2D eigenvalue weighted by Crippen LogP contribution is -2.31. The fourth-order valence-corrected chi connectivity index (χ4v) is 7.31. The first kappa shape index (κ1) is 22.8. The number of fused-ring (bicyclic) bond motifs is 2. The standard InChI is InChI=1S/C26H24N2O4S3/c29-35(30,23-5-7-25-19(11-23)13-27(17-31-25)15-21-3-1-9-33-21)24-6-8-26-20(12-24)14-28(18-32-26)16-22-4-2-10-34-22/h1-12H,13-18H2. The number of benzene rings is 2. The van der Waals surface area contributed by atoms with Gasteiger partial charge >= 0.3 is 0 Å². The normalized spacial score (nSPS) is 16.2. The maximum Gasteiger partial charge on any atom is 0.206 e. The predicted molar refractivity (Wildman–Crippen MR) is 136 cm³/mol. The molecule has 4 heterocycles. The van der Waals surface area contributed by atoms with Gasteiger partial charge in [0.25, 0.3) is 0 Å². The van der Waals surface area contributed by atoms with Crippen molar-refractivity contribution in [1.29, 1.82) is 0 Å². The van der Waals surface area contributed by atoms with Gasteiger partial charge in [-0.25, -0.2) is 8.42 Å². The molecule has 2 aliphatic rings. The molecule has 0 amide bonds. The highest BCUT2D eigenvalue weighted by molar-refractivity contribution is 7.91. The van der Waals surface area contributed by atoms with Crippen molar-refractivity contribution in [3.05, 3.63) is 92.3 Å². The summed E-state index contributed by atoms with van der Waals surface area (Å²) in [5.74, 6) is 1.49. The van der Waals surface area contributed by atoms with E-state index in [0.717, 1.165) is 35.7 Å². The molecule has 0 atom stereocenters. The first-order valence-electron chi connectivity index (χ1n) is 11.3. The topological polar surface area (TPSA) is 59.1 Å². The predicted octanol–water partition coefficient (Wildman–Crippen LogP) is 5.35. The molecule has 0 N–H and O–H groups in total. The summed E-state index contributed by atoms with van der Waals surface area (Å²) in [4.78, 5) is 7.41. The van der Waals surface area contributed by atoms with Crippen LogP contribution in [0.15, 0.2) is 81.2 Å². The van der Waals surface area contributed by atoms with Crippen LogP contribution in [-0.2, 0) is 36.0 Å². The summed E-state index contributed by atoms with van der Waals surface area (Å²) in [5, 5.41) is 4.12. The minimum atomic E-state index is -3.68. The minimum Gasteiger partial charge on any atom is -0.478 e. The van der Waals surface area contributed by atoms with Gasteiger partial charge in [-0.1, -0.05) is 12.1 Å². The molecule has 4 aromatic rings. The van der Waals surface area contributed by atoms with Gasteiger partial charge in [-0.15, -0.1) is 22.7 Å². The first-order valence-corrected chi connectivity index (χ1v) is 14.5. The molecular formula is C26H24N2O4S3. The van der Waals surface area contributed by atoms with E-state index < -0.39 is 9.84 Å². The van der Waals surface area contributed by atoms with Gasteiger partial charge in [-0.05, 0) is 59.3 Å². The molecule has 0 saturated heterocycles. The van der Waals surface area contributed by atoms with Crippen LogP contribution in [0.1, 0.15) is 20.9 Å². The lowest BCUT2D eigenvalue weighted by atomic mass is 10.1. The molecule has 180 valence electrons. The molecular weight excluding hydrogens is 500 g/mol. The Morgan fingerprint density at radius 3 is 1.63 bits per heavy atom. The SMILES string of the molecule is O=S(=O)(c1ccc2c(c1)CN(Cc1cccs1)CO2)c1ccc2c(c1)CN(Cc1cccs1)CO2. The van der Waals surface area contributed by atoms with Gasteiger partial charge in [0.1, 0.15) is 25.0 Å². The van der Waals surface area contributed by atoms with Gasteiger partial charge in [0, 0.05) is 47.1 Å². The van der Waals surface area contributed by atoms with Crippen LogP contribution in [0.5, 0.6) is 11.5 Å². The van der Waals surface area contributed by atoms with Crippen molar-refractivity contribution in [2.75, 3.05) is 13.5 Å². The minimum absolute atomic E-state index is 0.282. The van der Waals surface area contributed by atoms with Crippen LogP contribution < -0.4 is 9.47 Å². The summed E-state index contributed by atoms with van der Waals surface area (Å²) < 4.78 is 39.0. The quantitative estimate of drug-likeness (QED) is 0.339. The summed E-state index contributed by atoms with van der Waals surface area (Å²) in [5.41, 5.74) is 1.77. The zero-order valence-electron chi connectivity index (χ0n) is 18.9. The Morgan fingerprint density at radius 1 is 0.714 bits per heavy atom. The second-order valence-electron chi connectivity index (χ2n) is 8.72. The van der Waals surface area contributed by atoms with Crippen molar-refractivity contribution in [2.45, 2.75) is 36.0 Å². The highest BCUT2D eigenvalue weighted by atomic mass is 32.2. The van der Waals surface area contributed by atoms with E-state index in [1.165, 1.54) is 9.75 Å². The number of hydrogen-bond donors (Lipinski definition) is 0. The van der Waals surface area contributed by atoms with Gasteiger partial charge in [0.05, 0.1) is 9.79 Å². The zero-order valence-corrected chi connectivity index (χ0v) is 21.4. The fraction of sp³-hybridized carbons (Fsp3) is 0.231. The monoisotopic (exact) mass is 524 g/mol. The van der Waals surface area contributed by atoms with Gasteiger partial charge in [-0.2, -0.15) is 0 Å². The summed E-state index contributed by atoms with van der Waals surface area (Å²) in [7, 11) is -3.68. The maximum absolute atomic E-state index is 13.6. The summed E-state index contributed by atoms with van der Waals surface area (Å²) in [6.07, 6.45) is 0. The highest BCUT2D eigenvalue weighted by Crippen LogP contribution is 2.34. The number of sulfone groups is 1. The zero-order chi connectivity index (χ0) is 23.8. The second kappa shape index (κ2) is 9.40. The van der Waals surface area contributed by atoms with Gasteiger partial charge in [0.15, 0.2) is 0 Å². The third-order valence-electron chi connectivity index (χ3n) is 6.20. The van der Waals surface area contributed by atoms with Crippen molar-refractivity contribution in [1.82, 2.24) is 9.80 Å². The number of thiophene rings is 2. The van der Waals surface area contributed by atoms with E-state index in [-0.39, 0.29) is 9.79 Å². The third kappa shape index (κ3) is 4.74. The van der Waals surface area contributed by atoms with E-state index in [1.807, 2.05) is 12.1 Å². The fourth-order valence-electron chi connectivity index (χ4n) is 4.45. The summed E-state index contributed by atoms with van der Waals surface area (Å²) >= 11 is 3.42. The maximum atomic E-state index is 13.6.